The quantitative estimate of drug-likeness (QED) is 0.743. The first-order valence-corrected chi connectivity index (χ1v) is 8.82. The Balaban J connectivity index is 1.55. The number of nitrogens with zero attached hydrogens (tertiary/aromatic N) is 1. The predicted molar refractivity (Wildman–Crippen MR) is 96.8 cm³/mol. The van der Waals surface area contributed by atoms with E-state index >= 15 is 0 Å². The van der Waals surface area contributed by atoms with Crippen LogP contribution in [0.2, 0.25) is 0 Å². The van der Waals surface area contributed by atoms with Gasteiger partial charge in [0.25, 0.3) is 5.91 Å². The van der Waals surface area contributed by atoms with Gasteiger partial charge in [0, 0.05) is 35.5 Å². The normalized spacial score (nSPS) is 18.4. The van der Waals surface area contributed by atoms with Crippen LogP contribution in [0.3, 0.4) is 0 Å². The highest BCUT2D eigenvalue weighted by molar-refractivity contribution is 6.08. The van der Waals surface area contributed by atoms with Gasteiger partial charge in [0.15, 0.2) is 5.76 Å². The number of likely N-dealkylation sites (tertiary alicyclic amines) is 1. The smallest absolute Gasteiger partial charge is 0.401 e. The van der Waals surface area contributed by atoms with E-state index in [4.69, 9.17) is 4.42 Å². The van der Waals surface area contributed by atoms with Gasteiger partial charge in [-0.1, -0.05) is 36.4 Å². The van der Waals surface area contributed by atoms with Gasteiger partial charge in [-0.2, -0.15) is 13.2 Å². The van der Waals surface area contributed by atoms with Crippen LogP contribution >= 0.6 is 0 Å². The van der Waals surface area contributed by atoms with Crippen molar-refractivity contribution in [3.63, 3.8) is 0 Å². The van der Waals surface area contributed by atoms with Gasteiger partial charge in [-0.15, -0.1) is 0 Å². The fraction of sp³-hybridized carbons (Fsp3) is 0.350. The lowest BCUT2D eigenvalue weighted by atomic mass is 10.1. The number of hydrogen-bond acceptors (Lipinski definition) is 3. The summed E-state index contributed by atoms with van der Waals surface area (Å²) >= 11 is 0. The first-order chi connectivity index (χ1) is 12.8. The van der Waals surface area contributed by atoms with E-state index in [1.54, 1.807) is 0 Å². The zero-order valence-corrected chi connectivity index (χ0v) is 14.8. The number of carbonyl (C=O) groups excluding carboxylic acids is 1. The second kappa shape index (κ2) is 6.56. The Morgan fingerprint density at radius 3 is 2.78 bits per heavy atom. The lowest BCUT2D eigenvalue weighted by Gasteiger charge is -2.18. The molecule has 1 amide bonds. The number of furan rings is 1. The maximum atomic E-state index is 12.7. The van der Waals surface area contributed by atoms with Crippen molar-refractivity contribution in [3.05, 3.63) is 47.7 Å². The average Bonchev–Trinajstić information content (AvgIpc) is 3.17. The Bertz CT molecular complexity index is 1010. The summed E-state index contributed by atoms with van der Waals surface area (Å²) in [6.45, 7) is 1.37. The number of hydrogen-bond donors (Lipinski definition) is 1. The molecule has 3 aromatic rings. The van der Waals surface area contributed by atoms with E-state index in [-0.39, 0.29) is 24.3 Å². The van der Waals surface area contributed by atoms with Gasteiger partial charge in [-0.3, -0.25) is 9.69 Å². The molecule has 0 saturated carbocycles. The van der Waals surface area contributed by atoms with Gasteiger partial charge in [0.05, 0.1) is 6.54 Å². The summed E-state index contributed by atoms with van der Waals surface area (Å²) in [6, 6.07) is 11.3. The fourth-order valence-electron chi connectivity index (χ4n) is 3.76. The number of amides is 1. The van der Waals surface area contributed by atoms with E-state index in [1.807, 2.05) is 43.3 Å². The summed E-state index contributed by atoms with van der Waals surface area (Å²) in [7, 11) is 0. The summed E-state index contributed by atoms with van der Waals surface area (Å²) in [5.41, 5.74) is 1.39. The third-order valence-electron chi connectivity index (χ3n) is 5.05. The highest BCUT2D eigenvalue weighted by atomic mass is 19.4. The first-order valence-electron chi connectivity index (χ1n) is 8.82. The standard InChI is InChI=1S/C20H19F3N2O2/c1-12-15-7-6-13-4-2-3-5-16(13)18(15)27-17(12)19(26)24-14-8-9-25(10-14)11-20(21,22)23/h2-7,14H,8-11H2,1H3,(H,24,26)/t14-/m1/s1. The highest BCUT2D eigenvalue weighted by Crippen LogP contribution is 2.32. The Kier molecular flexibility index (Phi) is 4.34. The monoisotopic (exact) mass is 376 g/mol. The van der Waals surface area contributed by atoms with Crippen molar-refractivity contribution in [1.82, 2.24) is 10.2 Å². The minimum Gasteiger partial charge on any atom is -0.450 e. The molecule has 4 rings (SSSR count). The third kappa shape index (κ3) is 3.51. The molecule has 7 heteroatoms. The molecule has 1 aliphatic rings. The molecule has 2 aromatic carbocycles. The molecule has 1 saturated heterocycles. The molecule has 27 heavy (non-hydrogen) atoms. The number of halogens is 3. The van der Waals surface area contributed by atoms with E-state index in [0.717, 1.165) is 21.7 Å². The summed E-state index contributed by atoms with van der Waals surface area (Å²) in [5, 5.41) is 5.63. The molecular formula is C20H19F3N2O2. The highest BCUT2D eigenvalue weighted by Gasteiger charge is 2.35. The van der Waals surface area contributed by atoms with Crippen molar-refractivity contribution in [2.45, 2.75) is 25.6 Å². The minimum absolute atomic E-state index is 0.188. The zero-order chi connectivity index (χ0) is 19.2. The lowest BCUT2D eigenvalue weighted by Crippen LogP contribution is -2.39. The van der Waals surface area contributed by atoms with Crippen LogP contribution in [0.1, 0.15) is 22.5 Å². The Labute approximate surface area is 153 Å². The fourth-order valence-corrected chi connectivity index (χ4v) is 3.76. The topological polar surface area (TPSA) is 45.5 Å². The molecule has 1 fully saturated rings. The summed E-state index contributed by atoms with van der Waals surface area (Å²) in [5.74, 6) is -0.165. The third-order valence-corrected chi connectivity index (χ3v) is 5.05. The van der Waals surface area contributed by atoms with Gasteiger partial charge in [-0.25, -0.2) is 0 Å². The summed E-state index contributed by atoms with van der Waals surface area (Å²) in [6.07, 6.45) is -3.74. The molecule has 2 heterocycles. The molecule has 0 bridgehead atoms. The second-order valence-corrected chi connectivity index (χ2v) is 7.03. The van der Waals surface area contributed by atoms with Crippen molar-refractivity contribution in [2.24, 2.45) is 0 Å². The second-order valence-electron chi connectivity index (χ2n) is 7.03. The number of rotatable bonds is 3. The van der Waals surface area contributed by atoms with Gasteiger partial charge in [0.1, 0.15) is 5.58 Å². The van der Waals surface area contributed by atoms with E-state index in [9.17, 15) is 18.0 Å². The van der Waals surface area contributed by atoms with E-state index in [2.05, 4.69) is 5.32 Å². The van der Waals surface area contributed by atoms with Crippen LogP contribution in [0.5, 0.6) is 0 Å². The van der Waals surface area contributed by atoms with E-state index in [0.29, 0.717) is 18.5 Å². The molecule has 0 unspecified atom stereocenters. The molecule has 4 nitrogen and oxygen atoms in total. The molecule has 1 aromatic heterocycles. The Morgan fingerprint density at radius 2 is 2.00 bits per heavy atom. The van der Waals surface area contributed by atoms with Crippen molar-refractivity contribution in [2.75, 3.05) is 19.6 Å². The van der Waals surface area contributed by atoms with Crippen molar-refractivity contribution in [1.29, 1.82) is 0 Å². The predicted octanol–water partition coefficient (Wildman–Crippen LogP) is 4.26. The molecular weight excluding hydrogens is 357 g/mol. The molecule has 0 radical (unpaired) electrons. The van der Waals surface area contributed by atoms with Gasteiger partial charge in [-0.05, 0) is 18.7 Å². The molecule has 1 N–H and O–H groups in total. The van der Waals surface area contributed by atoms with Crippen LogP contribution in [0.15, 0.2) is 40.8 Å². The Morgan fingerprint density at radius 1 is 1.22 bits per heavy atom. The van der Waals surface area contributed by atoms with E-state index < -0.39 is 12.7 Å². The van der Waals surface area contributed by atoms with Crippen LogP contribution in [0.4, 0.5) is 13.2 Å². The van der Waals surface area contributed by atoms with Gasteiger partial charge in [0.2, 0.25) is 0 Å². The number of benzene rings is 2. The van der Waals surface area contributed by atoms with Crippen LogP contribution in [0, 0.1) is 6.92 Å². The maximum absolute atomic E-state index is 12.7. The average molecular weight is 376 g/mol. The zero-order valence-electron chi connectivity index (χ0n) is 14.8. The number of alkyl halides is 3. The van der Waals surface area contributed by atoms with Crippen molar-refractivity contribution < 1.29 is 22.4 Å². The number of fused-ring (bicyclic) bond motifs is 3. The summed E-state index contributed by atoms with van der Waals surface area (Å²) in [4.78, 5) is 14.0. The molecule has 1 aliphatic heterocycles. The number of carbonyl (C=O) groups is 1. The minimum atomic E-state index is -4.23. The van der Waals surface area contributed by atoms with Crippen LogP contribution in [-0.2, 0) is 0 Å². The van der Waals surface area contributed by atoms with E-state index in [1.165, 1.54) is 4.90 Å². The van der Waals surface area contributed by atoms with Crippen molar-refractivity contribution in [3.8, 4) is 0 Å². The maximum Gasteiger partial charge on any atom is 0.401 e. The molecule has 1 atom stereocenters. The van der Waals surface area contributed by atoms with Crippen LogP contribution in [-0.4, -0.2) is 42.7 Å². The van der Waals surface area contributed by atoms with Gasteiger partial charge >= 0.3 is 6.18 Å². The lowest BCUT2D eigenvalue weighted by molar-refractivity contribution is -0.143. The van der Waals surface area contributed by atoms with Crippen molar-refractivity contribution >= 4 is 27.6 Å². The van der Waals surface area contributed by atoms with Gasteiger partial charge < -0.3 is 9.73 Å². The number of aryl methyl sites for hydroxylation is 1. The number of nitrogens with one attached hydrogen (secondary N) is 1. The largest absolute Gasteiger partial charge is 0.450 e. The molecule has 0 aliphatic carbocycles. The van der Waals surface area contributed by atoms with Crippen LogP contribution < -0.4 is 5.32 Å². The SMILES string of the molecule is Cc1c(C(=O)N[C@@H]2CCN(CC(F)(F)F)C2)oc2c1ccc1ccccc12. The molecule has 0 spiro atoms. The summed E-state index contributed by atoms with van der Waals surface area (Å²) < 4.78 is 43.4. The van der Waals surface area contributed by atoms with Crippen LogP contribution in [0.25, 0.3) is 21.7 Å². The molecule has 142 valence electrons. The Hall–Kier alpha value is -2.54. The first kappa shape index (κ1) is 17.9.